The number of para-hydroxylation sites is 2. The van der Waals surface area contributed by atoms with Crippen LogP contribution in [-0.2, 0) is 13.2 Å². The molecule has 0 saturated carbocycles. The van der Waals surface area contributed by atoms with Gasteiger partial charge in [-0.2, -0.15) is 0 Å². The minimum absolute atomic E-state index is 0.236. The average Bonchev–Trinajstić information content (AvgIpc) is 3.45. The van der Waals surface area contributed by atoms with Gasteiger partial charge in [0, 0.05) is 23.3 Å². The van der Waals surface area contributed by atoms with E-state index in [1.807, 2.05) is 53.4 Å². The van der Waals surface area contributed by atoms with Crippen molar-refractivity contribution >= 4 is 22.9 Å². The van der Waals surface area contributed by atoms with E-state index in [2.05, 4.69) is 15.3 Å². The van der Waals surface area contributed by atoms with Crippen molar-refractivity contribution in [3.63, 3.8) is 0 Å². The molecule has 158 valence electrons. The Morgan fingerprint density at radius 1 is 1.16 bits per heavy atom. The van der Waals surface area contributed by atoms with Gasteiger partial charge in [0.2, 0.25) is 0 Å². The molecule has 0 radical (unpaired) electrons. The summed E-state index contributed by atoms with van der Waals surface area (Å²) >= 11 is 1.58. The molecule has 2 aromatic carbocycles. The second-order valence-electron chi connectivity index (χ2n) is 6.77. The van der Waals surface area contributed by atoms with Gasteiger partial charge in [-0.1, -0.05) is 18.2 Å². The Morgan fingerprint density at radius 3 is 2.87 bits per heavy atom. The van der Waals surface area contributed by atoms with Crippen molar-refractivity contribution in [2.75, 3.05) is 11.9 Å². The number of benzene rings is 2. The van der Waals surface area contributed by atoms with E-state index >= 15 is 0 Å². The van der Waals surface area contributed by atoms with Crippen LogP contribution in [0.3, 0.4) is 0 Å². The summed E-state index contributed by atoms with van der Waals surface area (Å²) in [4.78, 5) is 21.2. The van der Waals surface area contributed by atoms with Gasteiger partial charge in [-0.05, 0) is 37.3 Å². The molecule has 4 rings (SSSR count). The van der Waals surface area contributed by atoms with Crippen LogP contribution in [0.5, 0.6) is 11.5 Å². The van der Waals surface area contributed by atoms with Crippen LogP contribution in [0, 0.1) is 6.92 Å². The average molecular weight is 435 g/mol. The molecule has 0 aliphatic heterocycles. The molecule has 8 heteroatoms. The van der Waals surface area contributed by atoms with Crippen LogP contribution in [0.25, 0.3) is 0 Å². The van der Waals surface area contributed by atoms with Crippen LogP contribution in [0.2, 0.25) is 0 Å². The number of nitrogens with zero attached hydrogens (tertiary/aromatic N) is 3. The van der Waals surface area contributed by atoms with Crippen LogP contribution < -0.4 is 14.8 Å². The summed E-state index contributed by atoms with van der Waals surface area (Å²) in [6.07, 6.45) is 5.34. The number of ether oxygens (including phenoxy) is 2. The minimum Gasteiger partial charge on any atom is -0.490 e. The van der Waals surface area contributed by atoms with Gasteiger partial charge < -0.3 is 19.4 Å². The monoisotopic (exact) mass is 434 g/mol. The fourth-order valence-electron chi connectivity index (χ4n) is 2.93. The van der Waals surface area contributed by atoms with E-state index in [1.54, 1.807) is 42.1 Å². The first-order valence-electron chi connectivity index (χ1n) is 9.80. The van der Waals surface area contributed by atoms with Gasteiger partial charge in [0.15, 0.2) is 0 Å². The van der Waals surface area contributed by atoms with Crippen molar-refractivity contribution in [3.05, 3.63) is 88.9 Å². The predicted octanol–water partition coefficient (Wildman–Crippen LogP) is 4.56. The highest BCUT2D eigenvalue weighted by molar-refractivity contribution is 7.09. The first-order valence-corrected chi connectivity index (χ1v) is 10.7. The molecule has 1 N–H and O–H groups in total. The molecule has 0 bridgehead atoms. The second-order valence-corrected chi connectivity index (χ2v) is 7.84. The van der Waals surface area contributed by atoms with Gasteiger partial charge in [0.25, 0.3) is 5.91 Å². The fourth-order valence-corrected chi connectivity index (χ4v) is 3.53. The predicted molar refractivity (Wildman–Crippen MR) is 120 cm³/mol. The number of carbonyl (C=O) groups is 1. The molecular formula is C23H22N4O3S. The molecule has 2 heterocycles. The molecule has 0 unspecified atom stereocenters. The van der Waals surface area contributed by atoms with E-state index in [0.29, 0.717) is 42.5 Å². The number of anilines is 1. The lowest BCUT2D eigenvalue weighted by Gasteiger charge is -2.13. The van der Waals surface area contributed by atoms with Crippen molar-refractivity contribution < 1.29 is 14.3 Å². The number of nitrogens with one attached hydrogen (secondary N) is 1. The third-order valence-electron chi connectivity index (χ3n) is 4.45. The number of hydrogen-bond acceptors (Lipinski definition) is 6. The zero-order valence-electron chi connectivity index (χ0n) is 17.0. The number of hydrogen-bond donors (Lipinski definition) is 1. The molecule has 0 saturated heterocycles. The normalized spacial score (nSPS) is 10.6. The van der Waals surface area contributed by atoms with Gasteiger partial charge in [0.05, 0.1) is 29.3 Å². The third-order valence-corrected chi connectivity index (χ3v) is 5.27. The largest absolute Gasteiger partial charge is 0.490 e. The molecule has 7 nitrogen and oxygen atoms in total. The van der Waals surface area contributed by atoms with Gasteiger partial charge in [0.1, 0.15) is 24.7 Å². The molecule has 1 amide bonds. The summed E-state index contributed by atoms with van der Waals surface area (Å²) < 4.78 is 13.6. The van der Waals surface area contributed by atoms with Gasteiger partial charge in [-0.3, -0.25) is 4.79 Å². The molecule has 0 spiro atoms. The topological polar surface area (TPSA) is 78.3 Å². The zero-order chi connectivity index (χ0) is 21.5. The Hall–Kier alpha value is -3.65. The summed E-state index contributed by atoms with van der Waals surface area (Å²) in [5.74, 6) is 0.992. The highest BCUT2D eigenvalue weighted by Crippen LogP contribution is 2.25. The summed E-state index contributed by atoms with van der Waals surface area (Å²) in [5.41, 5.74) is 1.99. The number of rotatable bonds is 9. The lowest BCUT2D eigenvalue weighted by molar-refractivity contribution is 0.102. The fraction of sp³-hybridized carbons (Fsp3) is 0.174. The lowest BCUT2D eigenvalue weighted by atomic mass is 10.2. The van der Waals surface area contributed by atoms with Gasteiger partial charge in [-0.25, -0.2) is 9.97 Å². The Kier molecular flexibility index (Phi) is 6.59. The smallest absolute Gasteiger partial charge is 0.255 e. The van der Waals surface area contributed by atoms with Crippen molar-refractivity contribution in [3.8, 4) is 11.5 Å². The van der Waals surface area contributed by atoms with Crippen LogP contribution in [0.4, 0.5) is 5.69 Å². The molecule has 4 aromatic rings. The Labute approximate surface area is 184 Å². The van der Waals surface area contributed by atoms with E-state index < -0.39 is 0 Å². The number of carbonyl (C=O) groups excluding carboxylic acids is 1. The van der Waals surface area contributed by atoms with E-state index in [9.17, 15) is 4.79 Å². The molecule has 0 atom stereocenters. The molecule has 0 fully saturated rings. The number of amides is 1. The first-order chi connectivity index (χ1) is 15.2. The van der Waals surface area contributed by atoms with Crippen molar-refractivity contribution in [2.24, 2.45) is 0 Å². The Balaban J connectivity index is 1.37. The minimum atomic E-state index is -0.236. The molecule has 0 aliphatic rings. The van der Waals surface area contributed by atoms with E-state index in [-0.39, 0.29) is 5.91 Å². The molecule has 0 aliphatic carbocycles. The number of aromatic nitrogens is 3. The quantitative estimate of drug-likeness (QED) is 0.418. The highest BCUT2D eigenvalue weighted by Gasteiger charge is 2.11. The summed E-state index contributed by atoms with van der Waals surface area (Å²) in [7, 11) is 0. The number of imidazole rings is 1. The second kappa shape index (κ2) is 9.90. The first kappa shape index (κ1) is 20.6. The maximum absolute atomic E-state index is 12.8. The molecular weight excluding hydrogens is 412 g/mol. The molecule has 2 aromatic heterocycles. The molecule has 31 heavy (non-hydrogen) atoms. The summed E-state index contributed by atoms with van der Waals surface area (Å²) in [6, 6.07) is 14.5. The standard InChI is InChI=1S/C23H22N4O3S/c1-17-25-19(15-31-17)14-30-20-6-4-5-18(13-20)23(28)26-21-7-2-3-8-22(21)29-12-11-27-10-9-24-16-27/h2-10,13,15-16H,11-12,14H2,1H3,(H,26,28). The van der Waals surface area contributed by atoms with E-state index in [4.69, 9.17) is 9.47 Å². The van der Waals surface area contributed by atoms with Crippen molar-refractivity contribution in [1.82, 2.24) is 14.5 Å². The van der Waals surface area contributed by atoms with Crippen LogP contribution in [-0.4, -0.2) is 27.0 Å². The van der Waals surface area contributed by atoms with Gasteiger partial charge in [-0.15, -0.1) is 11.3 Å². The SMILES string of the molecule is Cc1nc(COc2cccc(C(=O)Nc3ccccc3OCCn3ccnc3)c2)cs1. The van der Waals surface area contributed by atoms with Crippen molar-refractivity contribution in [2.45, 2.75) is 20.1 Å². The van der Waals surface area contributed by atoms with E-state index in [1.165, 1.54) is 0 Å². The summed E-state index contributed by atoms with van der Waals surface area (Å²) in [6.45, 7) is 3.45. The van der Waals surface area contributed by atoms with Crippen molar-refractivity contribution in [1.29, 1.82) is 0 Å². The number of thiazole rings is 1. The van der Waals surface area contributed by atoms with E-state index in [0.717, 1.165) is 10.7 Å². The lowest BCUT2D eigenvalue weighted by Crippen LogP contribution is -2.14. The third kappa shape index (κ3) is 5.70. The van der Waals surface area contributed by atoms with Crippen LogP contribution in [0.15, 0.2) is 72.6 Å². The maximum atomic E-state index is 12.8. The Bertz CT molecular complexity index is 1140. The zero-order valence-corrected chi connectivity index (χ0v) is 17.8. The Morgan fingerprint density at radius 2 is 2.06 bits per heavy atom. The van der Waals surface area contributed by atoms with Crippen LogP contribution in [0.1, 0.15) is 21.1 Å². The summed E-state index contributed by atoms with van der Waals surface area (Å²) in [5, 5.41) is 5.89. The number of aryl methyl sites for hydroxylation is 1. The highest BCUT2D eigenvalue weighted by atomic mass is 32.1. The van der Waals surface area contributed by atoms with Crippen LogP contribution >= 0.6 is 11.3 Å². The maximum Gasteiger partial charge on any atom is 0.255 e. The van der Waals surface area contributed by atoms with Gasteiger partial charge >= 0.3 is 0 Å².